The van der Waals surface area contributed by atoms with Crippen LogP contribution in [0.1, 0.15) is 23.6 Å². The summed E-state index contributed by atoms with van der Waals surface area (Å²) >= 11 is 0. The molecule has 0 atom stereocenters. The van der Waals surface area contributed by atoms with Crippen molar-refractivity contribution in [2.24, 2.45) is 15.3 Å². The number of rotatable bonds is 11. The predicted molar refractivity (Wildman–Crippen MR) is 178 cm³/mol. The van der Waals surface area contributed by atoms with Crippen LogP contribution >= 0.6 is 0 Å². The van der Waals surface area contributed by atoms with Crippen molar-refractivity contribution in [3.8, 4) is 0 Å². The summed E-state index contributed by atoms with van der Waals surface area (Å²) in [5.41, 5.74) is -1.04. The molecule has 0 aliphatic carbocycles. The third kappa shape index (κ3) is 9.58. The Hall–Kier alpha value is -5.00. The third-order valence-corrected chi connectivity index (χ3v) is 10.0. The van der Waals surface area contributed by atoms with E-state index in [-0.39, 0.29) is 38.6 Å². The van der Waals surface area contributed by atoms with Gasteiger partial charge in [0.25, 0.3) is 40.5 Å². The van der Waals surface area contributed by atoms with Gasteiger partial charge >= 0.3 is 0 Å². The van der Waals surface area contributed by atoms with Crippen LogP contribution in [0.4, 0.5) is 22.7 Å². The second-order valence-electron chi connectivity index (χ2n) is 9.97. The predicted octanol–water partition coefficient (Wildman–Crippen LogP) is 6.22. The zero-order valence-electron chi connectivity index (χ0n) is 25.2. The normalized spacial score (nSPS) is 13.5. The molecule has 262 valence electrons. The van der Waals surface area contributed by atoms with Gasteiger partial charge < -0.3 is 5.21 Å². The van der Waals surface area contributed by atoms with E-state index in [2.05, 4.69) is 15.3 Å². The van der Waals surface area contributed by atoms with Gasteiger partial charge in [0.05, 0.1) is 16.3 Å². The average molecular weight is 765 g/mol. The Morgan fingerprint density at radius 3 is 1.48 bits per heavy atom. The molecule has 4 aromatic rings. The first kappa shape index (κ1) is 37.8. The number of allylic oxidation sites excluding steroid dienone is 1. The van der Waals surface area contributed by atoms with Crippen LogP contribution in [-0.4, -0.2) is 56.7 Å². The van der Waals surface area contributed by atoms with Gasteiger partial charge in [0, 0.05) is 17.2 Å². The summed E-state index contributed by atoms with van der Waals surface area (Å²) in [6.45, 7) is 1.64. The molecule has 0 spiro atoms. The molecular formula is C29H24N4O13S4. The molecule has 0 saturated carbocycles. The highest BCUT2D eigenvalue weighted by molar-refractivity contribution is 7.86. The second-order valence-corrected chi connectivity index (χ2v) is 15.6. The Morgan fingerprint density at radius 1 is 0.560 bits per heavy atom. The fourth-order valence-corrected chi connectivity index (χ4v) is 6.87. The van der Waals surface area contributed by atoms with E-state index in [1.165, 1.54) is 42.5 Å². The van der Waals surface area contributed by atoms with Crippen LogP contribution < -0.4 is 0 Å². The van der Waals surface area contributed by atoms with Crippen LogP contribution in [0, 0.1) is 5.21 Å². The van der Waals surface area contributed by atoms with E-state index in [1.807, 2.05) is 0 Å². The zero-order valence-corrected chi connectivity index (χ0v) is 28.5. The van der Waals surface area contributed by atoms with E-state index in [4.69, 9.17) is 0 Å². The van der Waals surface area contributed by atoms with Crippen LogP contribution in [0.3, 0.4) is 0 Å². The van der Waals surface area contributed by atoms with E-state index in [0.717, 1.165) is 54.6 Å². The van der Waals surface area contributed by atoms with E-state index >= 15 is 0 Å². The summed E-state index contributed by atoms with van der Waals surface area (Å²) in [6.07, 6.45) is 5.12. The minimum Gasteiger partial charge on any atom is -0.594 e. The molecule has 0 unspecified atom stereocenters. The summed E-state index contributed by atoms with van der Waals surface area (Å²) in [7, 11) is -19.2. The lowest BCUT2D eigenvalue weighted by atomic mass is 10.1. The number of hydrogen-bond acceptors (Lipinski definition) is 12. The first-order chi connectivity index (χ1) is 23.2. The molecule has 4 N–H and O–H groups in total. The highest BCUT2D eigenvalue weighted by Gasteiger charge is 2.20. The Balaban J connectivity index is 1.70. The van der Waals surface area contributed by atoms with Crippen molar-refractivity contribution >= 4 is 81.5 Å². The van der Waals surface area contributed by atoms with Crippen molar-refractivity contribution in [1.29, 1.82) is 0 Å². The fraction of sp³-hybridized carbons (Fsp3) is 0.0345. The maximum Gasteiger partial charge on any atom is 0.295 e. The molecule has 4 rings (SSSR count). The quantitative estimate of drug-likeness (QED) is 0.0434. The lowest BCUT2D eigenvalue weighted by Gasteiger charge is -2.07. The molecule has 0 heterocycles. The van der Waals surface area contributed by atoms with Crippen molar-refractivity contribution in [2.75, 3.05) is 0 Å². The molecule has 21 heteroatoms. The van der Waals surface area contributed by atoms with E-state index in [0.29, 0.717) is 0 Å². The molecule has 0 radical (unpaired) electrons. The molecule has 0 fully saturated rings. The van der Waals surface area contributed by atoms with Crippen molar-refractivity contribution in [2.45, 2.75) is 26.5 Å². The number of nitrogens with zero attached hydrogens (tertiary/aromatic N) is 4. The number of azo groups is 2. The molecular weight excluding hydrogens is 741 g/mol. The van der Waals surface area contributed by atoms with Crippen LogP contribution in [0.15, 0.2) is 120 Å². The maximum absolute atomic E-state index is 12.7. The Morgan fingerprint density at radius 2 is 1.02 bits per heavy atom. The van der Waals surface area contributed by atoms with Gasteiger partial charge in [-0.25, -0.2) is 0 Å². The molecule has 0 amide bonds. The summed E-state index contributed by atoms with van der Waals surface area (Å²) in [4.78, 5) is -2.59. The Labute approximate surface area is 285 Å². The molecule has 50 heavy (non-hydrogen) atoms. The molecule has 4 aromatic carbocycles. The van der Waals surface area contributed by atoms with Crippen molar-refractivity contribution < 1.29 is 56.7 Å². The van der Waals surface area contributed by atoms with Crippen molar-refractivity contribution in [3.63, 3.8) is 0 Å². The van der Waals surface area contributed by atoms with Crippen LogP contribution in [0.5, 0.6) is 0 Å². The van der Waals surface area contributed by atoms with Crippen LogP contribution in [0.25, 0.3) is 18.2 Å². The summed E-state index contributed by atoms with van der Waals surface area (Å²) in [5.74, 6) is 0. The summed E-state index contributed by atoms with van der Waals surface area (Å²) in [6, 6.07) is 14.4. The topological polar surface area (TPSA) is 281 Å². The average Bonchev–Trinajstić information content (AvgIpc) is 3.02. The van der Waals surface area contributed by atoms with Gasteiger partial charge in [0.15, 0.2) is 0 Å². The van der Waals surface area contributed by atoms with Gasteiger partial charge in [-0.15, -0.1) is 0 Å². The fourth-order valence-electron chi connectivity index (χ4n) is 4.24. The van der Waals surface area contributed by atoms with E-state index in [9.17, 15) is 57.1 Å². The van der Waals surface area contributed by atoms with Crippen molar-refractivity contribution in [1.82, 2.24) is 0 Å². The van der Waals surface area contributed by atoms with E-state index in [1.54, 1.807) is 13.0 Å². The standard InChI is InChI=1S/C29H24N4O13S4/c1-2-4-19-9-12-22(16-27(19)48(38,39)40)30-31-23-13-10-20(28(17-23)49(41,42)43)7-8-21-11-14-25(18-29(21)50(44,45)46)33(34)32-24-5-3-6-26(15-24)47(35,36)37/h2-18H,1H3,(H,35,36,37)(H,38,39,40)(H,41,42,43)(H,44,45,46)/b4-2+,8-7-,31-30?,33-32?. The molecule has 0 saturated heterocycles. The minimum absolute atomic E-state index is 0.0273. The lowest BCUT2D eigenvalue weighted by molar-refractivity contribution is -0.435. The first-order valence-electron chi connectivity index (χ1n) is 13.5. The third-order valence-electron chi connectivity index (χ3n) is 6.44. The summed E-state index contributed by atoms with van der Waals surface area (Å²) in [5, 5.41) is 24.0. The van der Waals surface area contributed by atoms with Crippen LogP contribution in [-0.2, 0) is 40.5 Å². The van der Waals surface area contributed by atoms with Gasteiger partial charge in [-0.1, -0.05) is 47.4 Å². The molecule has 0 aliphatic heterocycles. The molecule has 17 nitrogen and oxygen atoms in total. The van der Waals surface area contributed by atoms with E-state index < -0.39 is 65.7 Å². The molecule has 0 bridgehead atoms. The van der Waals surface area contributed by atoms with Gasteiger partial charge in [0.2, 0.25) is 5.69 Å². The van der Waals surface area contributed by atoms with Crippen LogP contribution in [0.2, 0.25) is 0 Å². The first-order valence-corrected chi connectivity index (χ1v) is 19.3. The smallest absolute Gasteiger partial charge is 0.295 e. The van der Waals surface area contributed by atoms with Gasteiger partial charge in [0.1, 0.15) is 20.4 Å². The van der Waals surface area contributed by atoms with Crippen molar-refractivity contribution in [3.05, 3.63) is 107 Å². The SMILES string of the molecule is C/C=C/c1ccc(N=Nc2ccc(/C=C\c3ccc([N+]([O-])=Nc4cccc(S(=O)(=O)O)c4)cc3S(=O)(=O)O)c(S(=O)(=O)O)c2)cc1S(=O)(=O)O. The highest BCUT2D eigenvalue weighted by atomic mass is 32.2. The van der Waals surface area contributed by atoms with Gasteiger partial charge in [-0.2, -0.15) is 43.9 Å². The van der Waals surface area contributed by atoms with Gasteiger partial charge in [-0.3, -0.25) is 18.2 Å². The maximum atomic E-state index is 12.7. The highest BCUT2D eigenvalue weighted by Crippen LogP contribution is 2.30. The Bertz CT molecular complexity index is 2560. The largest absolute Gasteiger partial charge is 0.594 e. The van der Waals surface area contributed by atoms with Gasteiger partial charge in [-0.05, 0) is 72.1 Å². The number of benzene rings is 4. The molecule has 0 aromatic heterocycles. The zero-order chi connectivity index (χ0) is 37.1. The molecule has 0 aliphatic rings. The Kier molecular flexibility index (Phi) is 10.9. The second kappa shape index (κ2) is 14.5. The number of hydrogen-bond donors (Lipinski definition) is 4. The monoisotopic (exact) mass is 764 g/mol. The minimum atomic E-state index is -5.01. The summed E-state index contributed by atoms with van der Waals surface area (Å²) < 4.78 is 134. The lowest BCUT2D eigenvalue weighted by Crippen LogP contribution is -2.03.